The standard InChI is InChI=1S/C11H19NO3S/c1-16(14,15)8-9-4-6-12(7-5-9)11(13)10-2-3-10/h9-10H,2-8H2,1H3. The fourth-order valence-electron chi connectivity index (χ4n) is 2.34. The summed E-state index contributed by atoms with van der Waals surface area (Å²) in [7, 11) is -2.87. The number of hydrogen-bond acceptors (Lipinski definition) is 3. The van der Waals surface area contributed by atoms with Gasteiger partial charge in [-0.3, -0.25) is 4.79 Å². The van der Waals surface area contributed by atoms with Gasteiger partial charge in [0.15, 0.2) is 0 Å². The molecule has 0 bridgehead atoms. The Morgan fingerprint density at radius 2 is 1.75 bits per heavy atom. The molecule has 0 spiro atoms. The second kappa shape index (κ2) is 4.35. The van der Waals surface area contributed by atoms with Crippen LogP contribution >= 0.6 is 0 Å². The van der Waals surface area contributed by atoms with Gasteiger partial charge >= 0.3 is 0 Å². The van der Waals surface area contributed by atoms with Crippen LogP contribution in [0.2, 0.25) is 0 Å². The normalized spacial score (nSPS) is 23.4. The molecule has 0 unspecified atom stereocenters. The largest absolute Gasteiger partial charge is 0.342 e. The molecule has 4 nitrogen and oxygen atoms in total. The number of hydrogen-bond donors (Lipinski definition) is 0. The van der Waals surface area contributed by atoms with Gasteiger partial charge in [0.2, 0.25) is 5.91 Å². The van der Waals surface area contributed by atoms with Gasteiger partial charge in [-0.2, -0.15) is 0 Å². The van der Waals surface area contributed by atoms with Crippen LogP contribution in [0.4, 0.5) is 0 Å². The SMILES string of the molecule is CS(=O)(=O)CC1CCN(C(=O)C2CC2)CC1. The molecule has 1 amide bonds. The van der Waals surface area contributed by atoms with Gasteiger partial charge < -0.3 is 4.90 Å². The second-order valence-corrected chi connectivity index (χ2v) is 7.32. The van der Waals surface area contributed by atoms with Crippen LogP contribution in [-0.2, 0) is 14.6 Å². The molecule has 0 aromatic carbocycles. The van der Waals surface area contributed by atoms with Crippen LogP contribution in [0.3, 0.4) is 0 Å². The van der Waals surface area contributed by atoms with E-state index in [1.54, 1.807) is 0 Å². The first-order valence-electron chi connectivity index (χ1n) is 5.92. The van der Waals surface area contributed by atoms with E-state index < -0.39 is 9.84 Å². The Morgan fingerprint density at radius 3 is 2.19 bits per heavy atom. The van der Waals surface area contributed by atoms with Gasteiger partial charge in [0.05, 0.1) is 5.75 Å². The van der Waals surface area contributed by atoms with Crippen molar-refractivity contribution in [2.45, 2.75) is 25.7 Å². The van der Waals surface area contributed by atoms with Gasteiger partial charge in [-0.1, -0.05) is 0 Å². The molecule has 2 rings (SSSR count). The Balaban J connectivity index is 1.80. The number of likely N-dealkylation sites (tertiary alicyclic amines) is 1. The van der Waals surface area contributed by atoms with Crippen LogP contribution in [0.1, 0.15) is 25.7 Å². The average Bonchev–Trinajstić information content (AvgIpc) is 2.98. The van der Waals surface area contributed by atoms with Crippen LogP contribution < -0.4 is 0 Å². The van der Waals surface area contributed by atoms with Gasteiger partial charge in [-0.25, -0.2) is 8.42 Å². The summed E-state index contributed by atoms with van der Waals surface area (Å²) in [5.41, 5.74) is 0. The molecule has 2 aliphatic rings. The van der Waals surface area contributed by atoms with Crippen molar-refractivity contribution in [3.8, 4) is 0 Å². The Labute approximate surface area is 96.9 Å². The summed E-state index contributed by atoms with van der Waals surface area (Å²) in [6.07, 6.45) is 5.05. The highest BCUT2D eigenvalue weighted by atomic mass is 32.2. The highest BCUT2D eigenvalue weighted by Crippen LogP contribution is 2.32. The van der Waals surface area contributed by atoms with Crippen molar-refractivity contribution in [3.05, 3.63) is 0 Å². The summed E-state index contributed by atoms with van der Waals surface area (Å²) in [6, 6.07) is 0. The fourth-order valence-corrected chi connectivity index (χ4v) is 3.53. The number of sulfone groups is 1. The second-order valence-electron chi connectivity index (χ2n) is 5.14. The Kier molecular flexibility index (Phi) is 3.24. The summed E-state index contributed by atoms with van der Waals surface area (Å²) in [5, 5.41) is 0. The zero-order valence-electron chi connectivity index (χ0n) is 9.68. The zero-order chi connectivity index (χ0) is 11.8. The van der Waals surface area contributed by atoms with Crippen LogP contribution in [0.25, 0.3) is 0 Å². The molecular formula is C11H19NO3S. The number of amides is 1. The lowest BCUT2D eigenvalue weighted by atomic mass is 9.98. The monoisotopic (exact) mass is 245 g/mol. The molecule has 1 heterocycles. The summed E-state index contributed by atoms with van der Waals surface area (Å²) in [4.78, 5) is 13.7. The topological polar surface area (TPSA) is 54.5 Å². The molecular weight excluding hydrogens is 226 g/mol. The Bertz CT molecular complexity index is 365. The third-order valence-corrected chi connectivity index (χ3v) is 4.47. The van der Waals surface area contributed by atoms with Gasteiger partial charge in [0.1, 0.15) is 9.84 Å². The maximum atomic E-state index is 11.8. The van der Waals surface area contributed by atoms with Crippen LogP contribution in [0.5, 0.6) is 0 Å². The molecule has 2 fully saturated rings. The number of piperidine rings is 1. The molecule has 92 valence electrons. The maximum absolute atomic E-state index is 11.8. The molecule has 0 atom stereocenters. The number of nitrogens with zero attached hydrogens (tertiary/aromatic N) is 1. The van der Waals surface area contributed by atoms with Crippen molar-refractivity contribution in [3.63, 3.8) is 0 Å². The third kappa shape index (κ3) is 3.20. The first kappa shape index (κ1) is 11.9. The van der Waals surface area contributed by atoms with Crippen molar-refractivity contribution in [1.82, 2.24) is 4.90 Å². The lowest BCUT2D eigenvalue weighted by molar-refractivity contribution is -0.133. The van der Waals surface area contributed by atoms with Gasteiger partial charge in [0.25, 0.3) is 0 Å². The van der Waals surface area contributed by atoms with E-state index in [-0.39, 0.29) is 23.5 Å². The van der Waals surface area contributed by atoms with Crippen LogP contribution in [0.15, 0.2) is 0 Å². The molecule has 16 heavy (non-hydrogen) atoms. The molecule has 0 aromatic rings. The first-order valence-corrected chi connectivity index (χ1v) is 7.98. The van der Waals surface area contributed by atoms with Crippen LogP contribution in [-0.4, -0.2) is 44.3 Å². The lowest BCUT2D eigenvalue weighted by Gasteiger charge is -2.31. The predicted molar refractivity (Wildman–Crippen MR) is 61.7 cm³/mol. The molecule has 1 aliphatic heterocycles. The molecule has 0 aromatic heterocycles. The van der Waals surface area contributed by atoms with Crippen molar-refractivity contribution in [1.29, 1.82) is 0 Å². The van der Waals surface area contributed by atoms with E-state index in [1.807, 2.05) is 4.90 Å². The predicted octanol–water partition coefficient (Wildman–Crippen LogP) is 0.680. The lowest BCUT2D eigenvalue weighted by Crippen LogP contribution is -2.40. The Morgan fingerprint density at radius 1 is 1.19 bits per heavy atom. The van der Waals surface area contributed by atoms with E-state index in [4.69, 9.17) is 0 Å². The minimum absolute atomic E-state index is 0.248. The molecule has 5 heteroatoms. The van der Waals surface area contributed by atoms with E-state index in [0.29, 0.717) is 0 Å². The summed E-state index contributed by atoms with van der Waals surface area (Å²) < 4.78 is 22.3. The van der Waals surface area contributed by atoms with Crippen LogP contribution in [0, 0.1) is 11.8 Å². The van der Waals surface area contributed by atoms with Gasteiger partial charge in [-0.05, 0) is 31.6 Å². The smallest absolute Gasteiger partial charge is 0.225 e. The summed E-state index contributed by atoms with van der Waals surface area (Å²) in [5.74, 6) is 1.10. The number of rotatable bonds is 3. The van der Waals surface area contributed by atoms with Gasteiger partial charge in [-0.15, -0.1) is 0 Å². The molecule has 0 radical (unpaired) electrons. The zero-order valence-corrected chi connectivity index (χ0v) is 10.5. The third-order valence-electron chi connectivity index (χ3n) is 3.39. The van der Waals surface area contributed by atoms with Crippen molar-refractivity contribution >= 4 is 15.7 Å². The maximum Gasteiger partial charge on any atom is 0.225 e. The first-order chi connectivity index (χ1) is 7.46. The van der Waals surface area contributed by atoms with E-state index >= 15 is 0 Å². The van der Waals surface area contributed by atoms with Gasteiger partial charge in [0, 0.05) is 25.3 Å². The fraction of sp³-hybridized carbons (Fsp3) is 0.909. The molecule has 1 aliphatic carbocycles. The molecule has 1 saturated heterocycles. The van der Waals surface area contributed by atoms with Crippen molar-refractivity contribution in [2.75, 3.05) is 25.1 Å². The average molecular weight is 245 g/mol. The van der Waals surface area contributed by atoms with E-state index in [0.717, 1.165) is 38.8 Å². The molecule has 0 N–H and O–H groups in total. The van der Waals surface area contributed by atoms with Crippen molar-refractivity contribution in [2.24, 2.45) is 11.8 Å². The van der Waals surface area contributed by atoms with E-state index in [9.17, 15) is 13.2 Å². The summed E-state index contributed by atoms with van der Waals surface area (Å²) in [6.45, 7) is 1.49. The van der Waals surface area contributed by atoms with E-state index in [1.165, 1.54) is 6.26 Å². The van der Waals surface area contributed by atoms with Crippen molar-refractivity contribution < 1.29 is 13.2 Å². The molecule has 1 saturated carbocycles. The number of carbonyl (C=O) groups is 1. The highest BCUT2D eigenvalue weighted by molar-refractivity contribution is 7.90. The quantitative estimate of drug-likeness (QED) is 0.734. The minimum Gasteiger partial charge on any atom is -0.342 e. The Hall–Kier alpha value is -0.580. The minimum atomic E-state index is -2.87. The summed E-state index contributed by atoms with van der Waals surface area (Å²) >= 11 is 0. The van der Waals surface area contributed by atoms with E-state index in [2.05, 4.69) is 0 Å². The highest BCUT2D eigenvalue weighted by Gasteiger charge is 2.35. The number of carbonyl (C=O) groups excluding carboxylic acids is 1.